The van der Waals surface area contributed by atoms with Crippen molar-refractivity contribution in [1.29, 1.82) is 0 Å². The Hall–Kier alpha value is -2.56. The second-order valence-corrected chi connectivity index (χ2v) is 4.69. The molecule has 0 spiro atoms. The lowest BCUT2D eigenvalue weighted by molar-refractivity contribution is 0.318. The molecule has 0 aromatic heterocycles. The molecule has 2 aromatic rings. The lowest BCUT2D eigenvalue weighted by Gasteiger charge is -2.11. The summed E-state index contributed by atoms with van der Waals surface area (Å²) in [7, 11) is 0. The largest absolute Gasteiger partial charge is 0.409 e. The van der Waals surface area contributed by atoms with Crippen LogP contribution in [0.1, 0.15) is 23.6 Å². The SMILES string of the molecule is CCc1ccc(NCc2ccc(F)cc2C(N)=NO)cc1. The maximum atomic E-state index is 13.3. The Labute approximate surface area is 123 Å². The Morgan fingerprint density at radius 2 is 1.95 bits per heavy atom. The first-order chi connectivity index (χ1) is 10.1. The summed E-state index contributed by atoms with van der Waals surface area (Å²) in [5.41, 5.74) is 8.94. The summed E-state index contributed by atoms with van der Waals surface area (Å²) >= 11 is 0. The first-order valence-corrected chi connectivity index (χ1v) is 6.73. The van der Waals surface area contributed by atoms with Crippen LogP contribution in [-0.4, -0.2) is 11.0 Å². The second-order valence-electron chi connectivity index (χ2n) is 4.69. The molecule has 0 amide bonds. The van der Waals surface area contributed by atoms with E-state index in [1.165, 1.54) is 17.7 Å². The third-order valence-corrected chi connectivity index (χ3v) is 3.30. The Kier molecular flexibility index (Phi) is 4.77. The van der Waals surface area contributed by atoms with Crippen molar-refractivity contribution in [3.63, 3.8) is 0 Å². The first kappa shape index (κ1) is 14.8. The number of nitrogens with zero attached hydrogens (tertiary/aromatic N) is 1. The molecule has 0 saturated carbocycles. The van der Waals surface area contributed by atoms with Gasteiger partial charge in [0.05, 0.1) is 0 Å². The molecule has 0 saturated heterocycles. The summed E-state index contributed by atoms with van der Waals surface area (Å²) in [4.78, 5) is 0. The molecule has 0 heterocycles. The van der Waals surface area contributed by atoms with Crippen molar-refractivity contribution in [3.05, 3.63) is 65.0 Å². The van der Waals surface area contributed by atoms with Crippen molar-refractivity contribution >= 4 is 11.5 Å². The van der Waals surface area contributed by atoms with Gasteiger partial charge in [-0.2, -0.15) is 0 Å². The van der Waals surface area contributed by atoms with Crippen molar-refractivity contribution in [2.45, 2.75) is 19.9 Å². The first-order valence-electron chi connectivity index (χ1n) is 6.73. The minimum Gasteiger partial charge on any atom is -0.409 e. The Bertz CT molecular complexity index is 638. The van der Waals surface area contributed by atoms with E-state index in [1.54, 1.807) is 6.07 Å². The van der Waals surface area contributed by atoms with Crippen molar-refractivity contribution in [1.82, 2.24) is 0 Å². The molecule has 2 rings (SSSR count). The lowest BCUT2D eigenvalue weighted by Crippen LogP contribution is -2.17. The average molecular weight is 287 g/mol. The molecular weight excluding hydrogens is 269 g/mol. The molecule has 0 bridgehead atoms. The van der Waals surface area contributed by atoms with E-state index < -0.39 is 5.82 Å². The van der Waals surface area contributed by atoms with E-state index in [0.29, 0.717) is 12.1 Å². The van der Waals surface area contributed by atoms with E-state index in [1.807, 2.05) is 12.1 Å². The summed E-state index contributed by atoms with van der Waals surface area (Å²) in [5.74, 6) is -0.528. The van der Waals surface area contributed by atoms with Gasteiger partial charge in [-0.05, 0) is 41.8 Å². The molecule has 4 N–H and O–H groups in total. The Morgan fingerprint density at radius 3 is 2.57 bits per heavy atom. The van der Waals surface area contributed by atoms with Gasteiger partial charge in [-0.1, -0.05) is 30.3 Å². The normalized spacial score (nSPS) is 11.4. The number of hydrogen-bond donors (Lipinski definition) is 3. The highest BCUT2D eigenvalue weighted by Crippen LogP contribution is 2.15. The summed E-state index contributed by atoms with van der Waals surface area (Å²) in [6.07, 6.45) is 0.992. The van der Waals surface area contributed by atoms with Gasteiger partial charge in [-0.3, -0.25) is 0 Å². The predicted octanol–water partition coefficient (Wildman–Crippen LogP) is 3.09. The van der Waals surface area contributed by atoms with E-state index in [4.69, 9.17) is 10.9 Å². The number of oxime groups is 1. The fourth-order valence-electron chi connectivity index (χ4n) is 2.05. The zero-order valence-corrected chi connectivity index (χ0v) is 11.8. The van der Waals surface area contributed by atoms with Crippen LogP contribution in [0, 0.1) is 5.82 Å². The molecule has 5 heteroatoms. The number of benzene rings is 2. The number of anilines is 1. The van der Waals surface area contributed by atoms with Crippen molar-refractivity contribution in [3.8, 4) is 0 Å². The molecule has 0 radical (unpaired) electrons. The zero-order valence-electron chi connectivity index (χ0n) is 11.8. The predicted molar refractivity (Wildman–Crippen MR) is 82.1 cm³/mol. The van der Waals surface area contributed by atoms with Gasteiger partial charge in [-0.15, -0.1) is 0 Å². The standard InChI is InChI=1S/C16H18FN3O/c1-2-11-3-7-14(8-4-11)19-10-12-5-6-13(17)9-15(12)16(18)20-21/h3-9,19,21H,2,10H2,1H3,(H2,18,20). The zero-order chi connectivity index (χ0) is 15.2. The fourth-order valence-corrected chi connectivity index (χ4v) is 2.05. The molecular formula is C16H18FN3O. The van der Waals surface area contributed by atoms with Gasteiger partial charge in [0.1, 0.15) is 5.82 Å². The van der Waals surface area contributed by atoms with Crippen LogP contribution < -0.4 is 11.1 Å². The number of rotatable bonds is 5. The van der Waals surface area contributed by atoms with Crippen LogP contribution in [0.2, 0.25) is 0 Å². The summed E-state index contributed by atoms with van der Waals surface area (Å²) < 4.78 is 13.3. The van der Waals surface area contributed by atoms with Gasteiger partial charge in [0.2, 0.25) is 0 Å². The number of halogens is 1. The molecule has 4 nitrogen and oxygen atoms in total. The van der Waals surface area contributed by atoms with Crippen molar-refractivity contribution in [2.24, 2.45) is 10.9 Å². The third-order valence-electron chi connectivity index (χ3n) is 3.30. The van der Waals surface area contributed by atoms with Gasteiger partial charge in [-0.25, -0.2) is 4.39 Å². The molecule has 0 atom stereocenters. The van der Waals surface area contributed by atoms with Crippen LogP contribution in [0.25, 0.3) is 0 Å². The minimum absolute atomic E-state index is 0.104. The van der Waals surface area contributed by atoms with Crippen LogP contribution in [0.5, 0.6) is 0 Å². The molecule has 0 fully saturated rings. The van der Waals surface area contributed by atoms with Gasteiger partial charge in [0.15, 0.2) is 5.84 Å². The monoisotopic (exact) mass is 287 g/mol. The van der Waals surface area contributed by atoms with E-state index in [2.05, 4.69) is 29.5 Å². The lowest BCUT2D eigenvalue weighted by atomic mass is 10.1. The molecule has 110 valence electrons. The highest BCUT2D eigenvalue weighted by Gasteiger charge is 2.08. The van der Waals surface area contributed by atoms with E-state index in [0.717, 1.165) is 17.7 Å². The second kappa shape index (κ2) is 6.74. The van der Waals surface area contributed by atoms with Crippen LogP contribution in [0.3, 0.4) is 0 Å². The minimum atomic E-state index is -0.423. The number of hydrogen-bond acceptors (Lipinski definition) is 3. The number of nitrogens with one attached hydrogen (secondary N) is 1. The maximum absolute atomic E-state index is 13.3. The van der Waals surface area contributed by atoms with Gasteiger partial charge in [0, 0.05) is 17.8 Å². The highest BCUT2D eigenvalue weighted by atomic mass is 19.1. The highest BCUT2D eigenvalue weighted by molar-refractivity contribution is 5.98. The van der Waals surface area contributed by atoms with E-state index >= 15 is 0 Å². The van der Waals surface area contributed by atoms with Crippen molar-refractivity contribution < 1.29 is 9.60 Å². The van der Waals surface area contributed by atoms with Crippen LogP contribution >= 0.6 is 0 Å². The smallest absolute Gasteiger partial charge is 0.170 e. The summed E-state index contributed by atoms with van der Waals surface area (Å²) in [6, 6.07) is 12.3. The molecule has 21 heavy (non-hydrogen) atoms. The number of nitrogens with two attached hydrogens (primary N) is 1. The van der Waals surface area contributed by atoms with Crippen LogP contribution in [0.15, 0.2) is 47.6 Å². The molecule has 2 aromatic carbocycles. The Morgan fingerprint density at radius 1 is 1.24 bits per heavy atom. The molecule has 0 aliphatic carbocycles. The average Bonchev–Trinajstić information content (AvgIpc) is 2.53. The van der Waals surface area contributed by atoms with E-state index in [-0.39, 0.29) is 5.84 Å². The molecule has 0 unspecified atom stereocenters. The fraction of sp³-hybridized carbons (Fsp3) is 0.188. The van der Waals surface area contributed by atoms with Crippen LogP contribution in [-0.2, 0) is 13.0 Å². The third kappa shape index (κ3) is 3.72. The van der Waals surface area contributed by atoms with Crippen LogP contribution in [0.4, 0.5) is 10.1 Å². The molecule has 0 aliphatic heterocycles. The van der Waals surface area contributed by atoms with Gasteiger partial charge in [0.25, 0.3) is 0 Å². The van der Waals surface area contributed by atoms with Crippen molar-refractivity contribution in [2.75, 3.05) is 5.32 Å². The topological polar surface area (TPSA) is 70.6 Å². The summed E-state index contributed by atoms with van der Waals surface area (Å²) in [5, 5.41) is 14.9. The maximum Gasteiger partial charge on any atom is 0.170 e. The molecule has 0 aliphatic rings. The van der Waals surface area contributed by atoms with Gasteiger partial charge < -0.3 is 16.3 Å². The Balaban J connectivity index is 2.15. The van der Waals surface area contributed by atoms with Gasteiger partial charge >= 0.3 is 0 Å². The quantitative estimate of drug-likeness (QED) is 0.342. The number of aryl methyl sites for hydroxylation is 1. The summed E-state index contributed by atoms with van der Waals surface area (Å²) in [6.45, 7) is 2.56. The number of amidine groups is 1. The van der Waals surface area contributed by atoms with E-state index in [9.17, 15) is 4.39 Å².